The summed E-state index contributed by atoms with van der Waals surface area (Å²) in [6, 6.07) is 7.42. The van der Waals surface area contributed by atoms with Crippen molar-refractivity contribution in [1.29, 1.82) is 0 Å². The van der Waals surface area contributed by atoms with E-state index in [1.807, 2.05) is 24.3 Å². The summed E-state index contributed by atoms with van der Waals surface area (Å²) < 4.78 is 5.65. The van der Waals surface area contributed by atoms with Crippen molar-refractivity contribution < 1.29 is 14.3 Å². The van der Waals surface area contributed by atoms with Gasteiger partial charge in [-0.1, -0.05) is 12.1 Å². The number of nitrogens with one attached hydrogen (secondary N) is 2. The molecule has 20 heavy (non-hydrogen) atoms. The summed E-state index contributed by atoms with van der Waals surface area (Å²) in [6.45, 7) is 3.00. The molecule has 1 aromatic carbocycles. The number of hydrogen-bond acceptors (Lipinski definition) is 4. The zero-order chi connectivity index (χ0) is 14.8. The molecule has 0 unspecified atom stereocenters. The highest BCUT2D eigenvalue weighted by Gasteiger charge is 2.05. The van der Waals surface area contributed by atoms with Gasteiger partial charge in [0.05, 0.1) is 18.8 Å². The van der Waals surface area contributed by atoms with Crippen LogP contribution in [0.5, 0.6) is 0 Å². The zero-order valence-electron chi connectivity index (χ0n) is 11.4. The highest BCUT2D eigenvalue weighted by Crippen LogP contribution is 2.20. The predicted molar refractivity (Wildman–Crippen MR) is 81.5 cm³/mol. The average Bonchev–Trinajstić information content (AvgIpc) is 2.41. The van der Waals surface area contributed by atoms with Crippen molar-refractivity contribution in [2.24, 2.45) is 0 Å². The molecule has 0 aliphatic rings. The van der Waals surface area contributed by atoms with Crippen molar-refractivity contribution in [3.8, 4) is 0 Å². The standard InChI is InChI=1S/C14H19BrN2O3/c1-2-20-14(19)8-5-9-16-10-13(18)17-12-7-4-3-6-11(12)15/h3-4,6-7,16H,2,5,8-10H2,1H3,(H,17,18). The van der Waals surface area contributed by atoms with Gasteiger partial charge in [-0.05, 0) is 48.0 Å². The third-order valence-corrected chi connectivity index (χ3v) is 3.16. The van der Waals surface area contributed by atoms with Gasteiger partial charge in [0.25, 0.3) is 0 Å². The summed E-state index contributed by atoms with van der Waals surface area (Å²) in [5, 5.41) is 5.78. The number of hydrogen-bond donors (Lipinski definition) is 2. The van der Waals surface area contributed by atoms with Crippen molar-refractivity contribution in [2.75, 3.05) is 25.0 Å². The molecule has 0 aromatic heterocycles. The molecular weight excluding hydrogens is 324 g/mol. The number of esters is 1. The fourth-order valence-electron chi connectivity index (χ4n) is 1.55. The smallest absolute Gasteiger partial charge is 0.305 e. The first-order chi connectivity index (χ1) is 9.63. The molecule has 0 saturated carbocycles. The summed E-state index contributed by atoms with van der Waals surface area (Å²) in [5.74, 6) is -0.319. The lowest BCUT2D eigenvalue weighted by molar-refractivity contribution is -0.143. The van der Waals surface area contributed by atoms with Crippen LogP contribution in [0.15, 0.2) is 28.7 Å². The number of ether oxygens (including phenoxy) is 1. The zero-order valence-corrected chi connectivity index (χ0v) is 13.0. The van der Waals surface area contributed by atoms with Crippen molar-refractivity contribution in [1.82, 2.24) is 5.32 Å². The minimum atomic E-state index is -0.202. The van der Waals surface area contributed by atoms with Crippen molar-refractivity contribution in [2.45, 2.75) is 19.8 Å². The lowest BCUT2D eigenvalue weighted by Gasteiger charge is -2.08. The van der Waals surface area contributed by atoms with Crippen LogP contribution in [0, 0.1) is 0 Å². The van der Waals surface area contributed by atoms with Crippen LogP contribution < -0.4 is 10.6 Å². The lowest BCUT2D eigenvalue weighted by Crippen LogP contribution is -2.29. The van der Waals surface area contributed by atoms with E-state index in [1.165, 1.54) is 0 Å². The summed E-state index contributed by atoms with van der Waals surface area (Å²) in [6.07, 6.45) is 1.02. The minimum absolute atomic E-state index is 0.118. The molecule has 0 radical (unpaired) electrons. The number of halogens is 1. The van der Waals surface area contributed by atoms with Gasteiger partial charge in [-0.3, -0.25) is 9.59 Å². The maximum Gasteiger partial charge on any atom is 0.305 e. The first-order valence-electron chi connectivity index (χ1n) is 6.54. The van der Waals surface area contributed by atoms with E-state index in [9.17, 15) is 9.59 Å². The molecule has 110 valence electrons. The van der Waals surface area contributed by atoms with Crippen LogP contribution >= 0.6 is 15.9 Å². The van der Waals surface area contributed by atoms with Crippen LogP contribution in [0.2, 0.25) is 0 Å². The summed E-state index contributed by atoms with van der Waals surface area (Å²) in [4.78, 5) is 22.8. The van der Waals surface area contributed by atoms with E-state index in [-0.39, 0.29) is 18.4 Å². The fraction of sp³-hybridized carbons (Fsp3) is 0.429. The Labute approximate surface area is 127 Å². The summed E-state index contributed by atoms with van der Waals surface area (Å²) in [7, 11) is 0. The summed E-state index contributed by atoms with van der Waals surface area (Å²) >= 11 is 3.36. The number of anilines is 1. The number of rotatable bonds is 8. The Morgan fingerprint density at radius 2 is 2.05 bits per heavy atom. The van der Waals surface area contributed by atoms with E-state index < -0.39 is 0 Å². The maximum atomic E-state index is 11.7. The van der Waals surface area contributed by atoms with Crippen LogP contribution in [0.25, 0.3) is 0 Å². The van der Waals surface area contributed by atoms with Crippen LogP contribution in [-0.4, -0.2) is 31.6 Å². The van der Waals surface area contributed by atoms with Crippen molar-refractivity contribution in [3.05, 3.63) is 28.7 Å². The van der Waals surface area contributed by atoms with Gasteiger partial charge in [0.1, 0.15) is 0 Å². The Hall–Kier alpha value is -1.40. The Kier molecular flexibility index (Phi) is 7.91. The number of benzene rings is 1. The molecule has 0 fully saturated rings. The average molecular weight is 343 g/mol. The topological polar surface area (TPSA) is 67.4 Å². The molecule has 1 aromatic rings. The second kappa shape index (κ2) is 9.50. The predicted octanol–water partition coefficient (Wildman–Crippen LogP) is 2.32. The normalized spacial score (nSPS) is 10.1. The quantitative estimate of drug-likeness (QED) is 0.562. The third-order valence-electron chi connectivity index (χ3n) is 2.47. The molecule has 0 atom stereocenters. The van der Waals surface area contributed by atoms with Gasteiger partial charge in [0.2, 0.25) is 5.91 Å². The molecule has 0 aliphatic carbocycles. The maximum absolute atomic E-state index is 11.7. The van der Waals surface area contributed by atoms with Crippen LogP contribution in [0.4, 0.5) is 5.69 Å². The molecule has 1 amide bonds. The molecule has 2 N–H and O–H groups in total. The van der Waals surface area contributed by atoms with Crippen molar-refractivity contribution in [3.63, 3.8) is 0 Å². The Morgan fingerprint density at radius 1 is 1.30 bits per heavy atom. The first kappa shape index (κ1) is 16.7. The lowest BCUT2D eigenvalue weighted by atomic mass is 10.3. The van der Waals surface area contributed by atoms with Crippen LogP contribution in [0.3, 0.4) is 0 Å². The molecule has 6 heteroatoms. The third kappa shape index (κ3) is 6.68. The molecule has 0 spiro atoms. The minimum Gasteiger partial charge on any atom is -0.466 e. The van der Waals surface area contributed by atoms with E-state index in [4.69, 9.17) is 4.74 Å². The van der Waals surface area contributed by atoms with Gasteiger partial charge in [0.15, 0.2) is 0 Å². The molecular formula is C14H19BrN2O3. The van der Waals surface area contributed by atoms with Gasteiger partial charge >= 0.3 is 5.97 Å². The van der Waals surface area contributed by atoms with Gasteiger partial charge < -0.3 is 15.4 Å². The monoisotopic (exact) mass is 342 g/mol. The van der Waals surface area contributed by atoms with Gasteiger partial charge in [-0.25, -0.2) is 0 Å². The van der Waals surface area contributed by atoms with Gasteiger partial charge in [0, 0.05) is 10.9 Å². The van der Waals surface area contributed by atoms with Gasteiger partial charge in [-0.2, -0.15) is 0 Å². The molecule has 1 rings (SSSR count). The molecule has 0 bridgehead atoms. The Bertz CT molecular complexity index is 452. The SMILES string of the molecule is CCOC(=O)CCCNCC(=O)Nc1ccccc1Br. The van der Waals surface area contributed by atoms with Gasteiger partial charge in [-0.15, -0.1) is 0 Å². The number of amides is 1. The Balaban J connectivity index is 2.15. The van der Waals surface area contributed by atoms with Crippen LogP contribution in [0.1, 0.15) is 19.8 Å². The second-order valence-electron chi connectivity index (χ2n) is 4.11. The highest BCUT2D eigenvalue weighted by molar-refractivity contribution is 9.10. The van der Waals surface area contributed by atoms with E-state index in [0.717, 1.165) is 10.2 Å². The molecule has 5 nitrogen and oxygen atoms in total. The van der Waals surface area contributed by atoms with E-state index in [0.29, 0.717) is 26.0 Å². The fourth-order valence-corrected chi connectivity index (χ4v) is 1.93. The number of carbonyl (C=O) groups excluding carboxylic acids is 2. The highest BCUT2D eigenvalue weighted by atomic mass is 79.9. The molecule has 0 aliphatic heterocycles. The number of para-hydroxylation sites is 1. The van der Waals surface area contributed by atoms with E-state index in [1.54, 1.807) is 6.92 Å². The Morgan fingerprint density at radius 3 is 2.75 bits per heavy atom. The molecule has 0 heterocycles. The first-order valence-corrected chi connectivity index (χ1v) is 7.33. The second-order valence-corrected chi connectivity index (χ2v) is 4.97. The molecule has 0 saturated heterocycles. The largest absolute Gasteiger partial charge is 0.466 e. The summed E-state index contributed by atoms with van der Waals surface area (Å²) in [5.41, 5.74) is 0.742. The van der Waals surface area contributed by atoms with E-state index >= 15 is 0 Å². The van der Waals surface area contributed by atoms with Crippen LogP contribution in [-0.2, 0) is 14.3 Å². The van der Waals surface area contributed by atoms with E-state index in [2.05, 4.69) is 26.6 Å². The van der Waals surface area contributed by atoms with Crippen molar-refractivity contribution >= 4 is 33.5 Å². The number of carbonyl (C=O) groups is 2.